The fourth-order valence-corrected chi connectivity index (χ4v) is 1.65. The van der Waals surface area contributed by atoms with Gasteiger partial charge in [-0.1, -0.05) is 0 Å². The Morgan fingerprint density at radius 1 is 1.64 bits per heavy atom. The van der Waals surface area contributed by atoms with Crippen LogP contribution in [0.3, 0.4) is 0 Å². The number of methoxy groups -OCH3 is 1. The van der Waals surface area contributed by atoms with Crippen LogP contribution in [0.5, 0.6) is 5.75 Å². The normalized spacial score (nSPS) is 10.9. The van der Waals surface area contributed by atoms with Crippen molar-refractivity contribution in [2.75, 3.05) is 19.9 Å². The first kappa shape index (κ1) is 11.0. The fourth-order valence-electron chi connectivity index (χ4n) is 1.07. The SMILES string of the molecule is CN=Cc1cc(Br)c(OC)c(F)c1N. The van der Waals surface area contributed by atoms with Crippen molar-refractivity contribution in [3.63, 3.8) is 0 Å². The van der Waals surface area contributed by atoms with Gasteiger partial charge in [-0.25, -0.2) is 4.39 Å². The lowest BCUT2D eigenvalue weighted by Crippen LogP contribution is -2.01. The molecule has 0 saturated heterocycles. The molecule has 0 aliphatic rings. The summed E-state index contributed by atoms with van der Waals surface area (Å²) in [6.45, 7) is 0. The molecule has 2 N–H and O–H groups in total. The number of nitrogens with zero attached hydrogens (tertiary/aromatic N) is 1. The molecule has 0 aromatic heterocycles. The van der Waals surface area contributed by atoms with Crippen molar-refractivity contribution >= 4 is 27.8 Å². The predicted octanol–water partition coefficient (Wildman–Crippen LogP) is 2.23. The molecular weight excluding hydrogens is 251 g/mol. The van der Waals surface area contributed by atoms with Crippen molar-refractivity contribution < 1.29 is 9.13 Å². The monoisotopic (exact) mass is 260 g/mol. The van der Waals surface area contributed by atoms with Crippen molar-refractivity contribution in [1.29, 1.82) is 0 Å². The Hall–Kier alpha value is -1.10. The number of ether oxygens (including phenoxy) is 1. The van der Waals surface area contributed by atoms with E-state index < -0.39 is 5.82 Å². The molecule has 5 heteroatoms. The average molecular weight is 261 g/mol. The van der Waals surface area contributed by atoms with Crippen LogP contribution in [-0.2, 0) is 0 Å². The molecule has 1 aromatic carbocycles. The molecule has 0 aliphatic carbocycles. The molecule has 76 valence electrons. The Labute approximate surface area is 89.9 Å². The molecule has 0 aliphatic heterocycles. The molecule has 0 amide bonds. The summed E-state index contributed by atoms with van der Waals surface area (Å²) in [4.78, 5) is 3.77. The van der Waals surface area contributed by atoms with Crippen molar-refractivity contribution in [2.24, 2.45) is 4.99 Å². The maximum absolute atomic E-state index is 13.5. The third-order valence-corrected chi connectivity index (χ3v) is 2.31. The van der Waals surface area contributed by atoms with Crippen molar-refractivity contribution in [3.05, 3.63) is 21.9 Å². The third-order valence-electron chi connectivity index (χ3n) is 1.72. The summed E-state index contributed by atoms with van der Waals surface area (Å²) in [7, 11) is 2.98. The first-order valence-corrected chi connectivity index (χ1v) is 4.64. The van der Waals surface area contributed by atoms with Gasteiger partial charge in [-0.15, -0.1) is 0 Å². The van der Waals surface area contributed by atoms with Crippen molar-refractivity contribution in [2.45, 2.75) is 0 Å². The lowest BCUT2D eigenvalue weighted by atomic mass is 10.2. The Balaban J connectivity index is 3.39. The highest BCUT2D eigenvalue weighted by Crippen LogP contribution is 2.33. The molecule has 0 saturated carbocycles. The number of hydrogen-bond donors (Lipinski definition) is 1. The number of nitrogens with two attached hydrogens (primary N) is 1. The zero-order chi connectivity index (χ0) is 10.7. The molecule has 0 bridgehead atoms. The Morgan fingerprint density at radius 2 is 2.29 bits per heavy atom. The fraction of sp³-hybridized carbons (Fsp3) is 0.222. The van der Waals surface area contributed by atoms with Crippen molar-refractivity contribution in [1.82, 2.24) is 0 Å². The van der Waals surface area contributed by atoms with Crippen LogP contribution in [0.1, 0.15) is 5.56 Å². The summed E-state index contributed by atoms with van der Waals surface area (Å²) < 4.78 is 18.9. The molecule has 14 heavy (non-hydrogen) atoms. The number of rotatable bonds is 2. The average Bonchev–Trinajstić information content (AvgIpc) is 2.15. The zero-order valence-corrected chi connectivity index (χ0v) is 9.43. The van der Waals surface area contributed by atoms with Crippen LogP contribution < -0.4 is 10.5 Å². The van der Waals surface area contributed by atoms with Gasteiger partial charge in [-0.05, 0) is 22.0 Å². The zero-order valence-electron chi connectivity index (χ0n) is 7.84. The van der Waals surface area contributed by atoms with E-state index in [0.29, 0.717) is 10.0 Å². The molecule has 0 atom stereocenters. The Bertz CT molecular complexity index is 380. The Kier molecular flexibility index (Phi) is 3.46. The van der Waals surface area contributed by atoms with E-state index in [0.717, 1.165) is 0 Å². The van der Waals surface area contributed by atoms with E-state index in [4.69, 9.17) is 10.5 Å². The first-order chi connectivity index (χ1) is 6.61. The number of halogens is 2. The van der Waals surface area contributed by atoms with Crippen LogP contribution in [0.15, 0.2) is 15.5 Å². The summed E-state index contributed by atoms with van der Waals surface area (Å²) in [5.74, 6) is -0.465. The molecule has 0 fully saturated rings. The van der Waals surface area contributed by atoms with E-state index in [-0.39, 0.29) is 11.4 Å². The van der Waals surface area contributed by atoms with E-state index in [9.17, 15) is 4.39 Å². The predicted molar refractivity (Wildman–Crippen MR) is 58.6 cm³/mol. The van der Waals surface area contributed by atoms with Gasteiger partial charge in [-0.3, -0.25) is 4.99 Å². The minimum atomic E-state index is -0.572. The molecule has 1 aromatic rings. The third kappa shape index (κ3) is 1.87. The van der Waals surface area contributed by atoms with E-state index in [1.807, 2.05) is 0 Å². The molecule has 1 rings (SSSR count). The van der Waals surface area contributed by atoms with Gasteiger partial charge in [0.25, 0.3) is 0 Å². The number of anilines is 1. The van der Waals surface area contributed by atoms with Gasteiger partial charge in [0.15, 0.2) is 11.6 Å². The van der Waals surface area contributed by atoms with Gasteiger partial charge >= 0.3 is 0 Å². The smallest absolute Gasteiger partial charge is 0.189 e. The highest BCUT2D eigenvalue weighted by Gasteiger charge is 2.14. The number of aliphatic imine (C=N–C) groups is 1. The van der Waals surface area contributed by atoms with Gasteiger partial charge in [0.05, 0.1) is 17.3 Å². The summed E-state index contributed by atoms with van der Waals surface area (Å²) in [6, 6.07) is 1.66. The lowest BCUT2D eigenvalue weighted by Gasteiger charge is -2.09. The minimum absolute atomic E-state index is 0.0376. The summed E-state index contributed by atoms with van der Waals surface area (Å²) in [5, 5.41) is 0. The number of benzene rings is 1. The molecule has 0 radical (unpaired) electrons. The minimum Gasteiger partial charge on any atom is -0.492 e. The van der Waals surface area contributed by atoms with E-state index in [1.54, 1.807) is 13.1 Å². The van der Waals surface area contributed by atoms with Gasteiger partial charge < -0.3 is 10.5 Å². The maximum atomic E-state index is 13.5. The summed E-state index contributed by atoms with van der Waals surface area (Å²) in [5.41, 5.74) is 6.11. The number of hydrogen-bond acceptors (Lipinski definition) is 3. The van der Waals surface area contributed by atoms with Gasteiger partial charge in [0, 0.05) is 18.8 Å². The van der Waals surface area contributed by atoms with Crippen LogP contribution >= 0.6 is 15.9 Å². The second-order valence-electron chi connectivity index (χ2n) is 2.60. The van der Waals surface area contributed by atoms with Gasteiger partial charge in [-0.2, -0.15) is 0 Å². The van der Waals surface area contributed by atoms with Crippen LogP contribution in [-0.4, -0.2) is 20.4 Å². The van der Waals surface area contributed by atoms with E-state index in [2.05, 4.69) is 20.9 Å². The quantitative estimate of drug-likeness (QED) is 0.655. The molecule has 0 spiro atoms. The second-order valence-corrected chi connectivity index (χ2v) is 3.45. The van der Waals surface area contributed by atoms with E-state index in [1.165, 1.54) is 13.3 Å². The molecule has 0 heterocycles. The second kappa shape index (κ2) is 4.41. The van der Waals surface area contributed by atoms with Gasteiger partial charge in [0.1, 0.15) is 0 Å². The first-order valence-electron chi connectivity index (χ1n) is 3.85. The highest BCUT2D eigenvalue weighted by atomic mass is 79.9. The topological polar surface area (TPSA) is 47.6 Å². The van der Waals surface area contributed by atoms with E-state index >= 15 is 0 Å². The van der Waals surface area contributed by atoms with Crippen LogP contribution in [0.25, 0.3) is 0 Å². The standard InChI is InChI=1S/C9H10BrFN2O/c1-13-4-5-3-6(10)9(14-2)7(11)8(5)12/h3-4H,12H2,1-2H3. The molecule has 3 nitrogen and oxygen atoms in total. The summed E-state index contributed by atoms with van der Waals surface area (Å²) >= 11 is 3.18. The van der Waals surface area contributed by atoms with Crippen LogP contribution in [0.4, 0.5) is 10.1 Å². The molecule has 0 unspecified atom stereocenters. The largest absolute Gasteiger partial charge is 0.492 e. The Morgan fingerprint density at radius 3 is 2.79 bits per heavy atom. The maximum Gasteiger partial charge on any atom is 0.189 e. The van der Waals surface area contributed by atoms with Crippen molar-refractivity contribution in [3.8, 4) is 5.75 Å². The molecular formula is C9H10BrFN2O. The van der Waals surface area contributed by atoms with Crippen LogP contribution in [0, 0.1) is 5.82 Å². The summed E-state index contributed by atoms with van der Waals surface area (Å²) in [6.07, 6.45) is 1.49. The van der Waals surface area contributed by atoms with Crippen LogP contribution in [0.2, 0.25) is 0 Å². The number of nitrogen functional groups attached to an aromatic ring is 1. The lowest BCUT2D eigenvalue weighted by molar-refractivity contribution is 0.385. The van der Waals surface area contributed by atoms with Gasteiger partial charge in [0.2, 0.25) is 0 Å². The highest BCUT2D eigenvalue weighted by molar-refractivity contribution is 9.10.